The maximum absolute atomic E-state index is 13.1. The molecule has 0 bridgehead atoms. The summed E-state index contributed by atoms with van der Waals surface area (Å²) in [4.78, 5) is 17.1. The van der Waals surface area contributed by atoms with Crippen LogP contribution in [0.3, 0.4) is 0 Å². The van der Waals surface area contributed by atoms with E-state index >= 15 is 0 Å². The van der Waals surface area contributed by atoms with Crippen LogP contribution in [0, 0.1) is 6.92 Å². The second kappa shape index (κ2) is 10.2. The number of benzene rings is 3. The Balaban J connectivity index is 1.53. The van der Waals surface area contributed by atoms with Crippen molar-refractivity contribution in [1.82, 2.24) is 14.3 Å². The van der Waals surface area contributed by atoms with E-state index in [0.29, 0.717) is 6.54 Å². The number of aromatic nitrogens is 2. The predicted octanol–water partition coefficient (Wildman–Crippen LogP) is 3.85. The molecule has 0 saturated carbocycles. The number of carbonyl (C=O) groups excluding carboxylic acids is 1. The topological polar surface area (TPSA) is 90.3 Å². The van der Waals surface area contributed by atoms with Crippen molar-refractivity contribution in [2.24, 2.45) is 0 Å². The van der Waals surface area contributed by atoms with Gasteiger partial charge in [0, 0.05) is 6.54 Å². The average molecular weight is 478 g/mol. The minimum atomic E-state index is -3.93. The molecule has 0 saturated heterocycles. The summed E-state index contributed by atoms with van der Waals surface area (Å²) in [5.41, 5.74) is 3.72. The Labute approximate surface area is 199 Å². The molecule has 1 N–H and O–H groups in total. The predicted molar refractivity (Wildman–Crippen MR) is 131 cm³/mol. The van der Waals surface area contributed by atoms with Crippen LogP contribution in [-0.2, 0) is 32.5 Å². The van der Waals surface area contributed by atoms with Gasteiger partial charge in [-0.3, -0.25) is 4.79 Å². The zero-order valence-electron chi connectivity index (χ0n) is 19.1. The smallest absolute Gasteiger partial charge is 0.324 e. The first-order chi connectivity index (χ1) is 16.4. The van der Waals surface area contributed by atoms with Crippen LogP contribution in [0.5, 0.6) is 0 Å². The van der Waals surface area contributed by atoms with Gasteiger partial charge in [-0.2, -0.15) is 4.72 Å². The molecule has 0 amide bonds. The number of fused-ring (bicyclic) bond motifs is 1. The van der Waals surface area contributed by atoms with Crippen molar-refractivity contribution in [1.29, 1.82) is 0 Å². The van der Waals surface area contributed by atoms with Crippen molar-refractivity contribution >= 4 is 27.0 Å². The van der Waals surface area contributed by atoms with E-state index in [1.165, 1.54) is 0 Å². The van der Waals surface area contributed by atoms with Crippen LogP contribution in [0.1, 0.15) is 23.9 Å². The van der Waals surface area contributed by atoms with Gasteiger partial charge in [-0.05, 0) is 55.7 Å². The molecule has 4 rings (SSSR count). The lowest BCUT2D eigenvalue weighted by atomic mass is 10.1. The number of esters is 1. The van der Waals surface area contributed by atoms with E-state index in [-0.39, 0.29) is 17.9 Å². The van der Waals surface area contributed by atoms with E-state index in [1.807, 2.05) is 61.5 Å². The van der Waals surface area contributed by atoms with Crippen molar-refractivity contribution in [3.05, 3.63) is 95.8 Å². The Morgan fingerprint density at radius 1 is 0.971 bits per heavy atom. The molecule has 4 aromatic rings. The molecule has 0 fully saturated rings. The minimum absolute atomic E-state index is 0.0887. The zero-order valence-corrected chi connectivity index (χ0v) is 20.0. The average Bonchev–Trinajstić information content (AvgIpc) is 3.14. The van der Waals surface area contributed by atoms with Crippen molar-refractivity contribution < 1.29 is 17.9 Å². The molecule has 176 valence electrons. The molecule has 0 aliphatic heterocycles. The Hall–Kier alpha value is -3.49. The number of ether oxygens (including phenoxy) is 1. The molecule has 7 nitrogen and oxygen atoms in total. The molecule has 3 aromatic carbocycles. The number of rotatable bonds is 9. The fourth-order valence-electron chi connectivity index (χ4n) is 3.87. The standard InChI is InChI=1S/C26H27N3O4S/c1-3-33-26(30)24(17-20-9-5-4-6-10-20)28-34(31,32)22-15-13-21(14-16-22)18-29-19(2)27-23-11-7-8-12-25(23)29/h4-16,24,28H,3,17-18H2,1-2H3/t24-/m0/s1. The lowest BCUT2D eigenvalue weighted by Crippen LogP contribution is -2.43. The first kappa shape index (κ1) is 23.7. The molecule has 1 heterocycles. The Bertz CT molecular complexity index is 1380. The molecule has 0 aliphatic carbocycles. The van der Waals surface area contributed by atoms with Crippen LogP contribution in [-0.4, -0.2) is 36.6 Å². The van der Waals surface area contributed by atoms with E-state index in [1.54, 1.807) is 31.2 Å². The van der Waals surface area contributed by atoms with Crippen molar-refractivity contribution in [3.8, 4) is 0 Å². The highest BCUT2D eigenvalue weighted by Gasteiger charge is 2.27. The van der Waals surface area contributed by atoms with Crippen LogP contribution in [0.25, 0.3) is 11.0 Å². The van der Waals surface area contributed by atoms with Crippen LogP contribution in [0.4, 0.5) is 0 Å². The Kier molecular flexibility index (Phi) is 7.09. The monoisotopic (exact) mass is 477 g/mol. The molecular weight excluding hydrogens is 450 g/mol. The van der Waals surface area contributed by atoms with Gasteiger partial charge in [-0.25, -0.2) is 13.4 Å². The molecule has 1 atom stereocenters. The summed E-state index contributed by atoms with van der Waals surface area (Å²) in [5.74, 6) is 0.284. The van der Waals surface area contributed by atoms with E-state index in [4.69, 9.17) is 4.74 Å². The number of nitrogens with zero attached hydrogens (tertiary/aromatic N) is 2. The number of imidazole rings is 1. The molecule has 1 aromatic heterocycles. The maximum atomic E-state index is 13.1. The molecule has 0 radical (unpaired) electrons. The van der Waals surface area contributed by atoms with Gasteiger partial charge in [0.25, 0.3) is 0 Å². The van der Waals surface area contributed by atoms with Crippen molar-refractivity contribution in [2.75, 3.05) is 6.61 Å². The van der Waals surface area contributed by atoms with E-state index in [9.17, 15) is 13.2 Å². The van der Waals surface area contributed by atoms with Gasteiger partial charge in [0.15, 0.2) is 0 Å². The summed E-state index contributed by atoms with van der Waals surface area (Å²) < 4.78 is 35.9. The normalized spacial score (nSPS) is 12.5. The van der Waals surface area contributed by atoms with Crippen LogP contribution in [0.2, 0.25) is 0 Å². The van der Waals surface area contributed by atoms with E-state index in [0.717, 1.165) is 28.0 Å². The first-order valence-corrected chi connectivity index (χ1v) is 12.6. The summed E-state index contributed by atoms with van der Waals surface area (Å²) in [6, 6.07) is 22.8. The third-order valence-corrected chi connectivity index (χ3v) is 7.06. The Morgan fingerprint density at radius 3 is 2.35 bits per heavy atom. The lowest BCUT2D eigenvalue weighted by Gasteiger charge is -2.18. The fraction of sp³-hybridized carbons (Fsp3) is 0.231. The van der Waals surface area contributed by atoms with E-state index in [2.05, 4.69) is 14.3 Å². The van der Waals surface area contributed by atoms with Crippen LogP contribution >= 0.6 is 0 Å². The van der Waals surface area contributed by atoms with Gasteiger partial charge >= 0.3 is 5.97 Å². The summed E-state index contributed by atoms with van der Waals surface area (Å²) in [5, 5.41) is 0. The van der Waals surface area contributed by atoms with E-state index < -0.39 is 22.0 Å². The summed E-state index contributed by atoms with van der Waals surface area (Å²) in [6.07, 6.45) is 0.198. The molecule has 34 heavy (non-hydrogen) atoms. The maximum Gasteiger partial charge on any atom is 0.324 e. The van der Waals surface area contributed by atoms with Crippen molar-refractivity contribution in [3.63, 3.8) is 0 Å². The highest BCUT2D eigenvalue weighted by Crippen LogP contribution is 2.19. The highest BCUT2D eigenvalue weighted by atomic mass is 32.2. The van der Waals surface area contributed by atoms with Crippen LogP contribution in [0.15, 0.2) is 83.8 Å². The quantitative estimate of drug-likeness (QED) is 0.370. The number of hydrogen-bond acceptors (Lipinski definition) is 5. The number of hydrogen-bond donors (Lipinski definition) is 1. The largest absolute Gasteiger partial charge is 0.465 e. The Morgan fingerprint density at radius 2 is 1.65 bits per heavy atom. The highest BCUT2D eigenvalue weighted by molar-refractivity contribution is 7.89. The zero-order chi connectivity index (χ0) is 24.1. The van der Waals surface area contributed by atoms with Gasteiger partial charge in [0.1, 0.15) is 11.9 Å². The summed E-state index contributed by atoms with van der Waals surface area (Å²) in [6.45, 7) is 4.38. The molecule has 0 unspecified atom stereocenters. The SMILES string of the molecule is CCOC(=O)[C@H](Cc1ccccc1)NS(=O)(=O)c1ccc(Cn2c(C)nc3ccccc32)cc1. The minimum Gasteiger partial charge on any atom is -0.465 e. The van der Waals surface area contributed by atoms with Gasteiger partial charge in [-0.15, -0.1) is 0 Å². The fourth-order valence-corrected chi connectivity index (χ4v) is 5.06. The number of nitrogens with one attached hydrogen (secondary N) is 1. The molecule has 0 spiro atoms. The third kappa shape index (κ3) is 5.35. The van der Waals surface area contributed by atoms with Gasteiger partial charge < -0.3 is 9.30 Å². The second-order valence-corrected chi connectivity index (χ2v) is 9.71. The number of para-hydroxylation sites is 2. The molecular formula is C26H27N3O4S. The summed E-state index contributed by atoms with van der Waals surface area (Å²) in [7, 11) is -3.93. The van der Waals surface area contributed by atoms with Gasteiger partial charge in [0.05, 0.1) is 22.5 Å². The molecule has 0 aliphatic rings. The number of carbonyl (C=O) groups is 1. The first-order valence-electron chi connectivity index (χ1n) is 11.1. The van der Waals surface area contributed by atoms with Gasteiger partial charge in [0.2, 0.25) is 10.0 Å². The molecule has 8 heteroatoms. The third-order valence-electron chi connectivity index (χ3n) is 5.57. The second-order valence-electron chi connectivity index (χ2n) is 7.99. The van der Waals surface area contributed by atoms with Gasteiger partial charge in [-0.1, -0.05) is 54.6 Å². The lowest BCUT2D eigenvalue weighted by molar-refractivity contribution is -0.145. The summed E-state index contributed by atoms with van der Waals surface area (Å²) >= 11 is 0. The number of sulfonamides is 1. The van der Waals surface area contributed by atoms with Crippen LogP contribution < -0.4 is 4.72 Å². The number of aryl methyl sites for hydroxylation is 1. The van der Waals surface area contributed by atoms with Crippen molar-refractivity contribution in [2.45, 2.75) is 37.8 Å².